The van der Waals surface area contributed by atoms with Gasteiger partial charge >= 0.3 is 0 Å². The van der Waals surface area contributed by atoms with Gasteiger partial charge in [-0.05, 0) is 41.6 Å². The molecule has 2 nitrogen and oxygen atoms in total. The van der Waals surface area contributed by atoms with Crippen LogP contribution in [0.1, 0.15) is 6.92 Å². The van der Waals surface area contributed by atoms with Crippen LogP contribution in [0.4, 0.5) is 0 Å². The lowest BCUT2D eigenvalue weighted by Gasteiger charge is -1.80. The van der Waals surface area contributed by atoms with Crippen molar-refractivity contribution in [2.45, 2.75) is 6.92 Å². The number of benzene rings is 1. The summed E-state index contributed by atoms with van der Waals surface area (Å²) in [7, 11) is 0. The first-order valence-electron chi connectivity index (χ1n) is 3.01. The maximum atomic E-state index is 8.89. The van der Waals surface area contributed by atoms with Crippen LogP contribution in [-0.2, 0) is 4.79 Å². The number of carboxylic acid groups (broad SMARTS) is 1. The molecule has 0 bridgehead atoms. The van der Waals surface area contributed by atoms with Crippen molar-refractivity contribution in [1.82, 2.24) is 0 Å². The van der Waals surface area contributed by atoms with Gasteiger partial charge in [0, 0.05) is 9.54 Å². The first kappa shape index (κ1) is 10.4. The molecular weight excluding hydrogens is 255 g/mol. The average molecular weight is 263 g/mol. The van der Waals surface area contributed by atoms with E-state index in [4.69, 9.17) is 9.90 Å². The molecule has 3 heteroatoms. The molecule has 0 spiro atoms. The fourth-order valence-corrected chi connectivity index (χ4v) is 0.830. The molecule has 0 atom stereocenters. The molecule has 0 radical (unpaired) electrons. The Morgan fingerprint density at radius 3 is 1.91 bits per heavy atom. The minimum absolute atomic E-state index is 0.972. The van der Waals surface area contributed by atoms with Crippen molar-refractivity contribution in [2.75, 3.05) is 0 Å². The summed E-state index contributed by atoms with van der Waals surface area (Å²) in [5.74, 6) is -1.08. The molecule has 0 unspecified atom stereocenters. The molecule has 1 rings (SSSR count). The molecule has 0 heterocycles. The van der Waals surface area contributed by atoms with Gasteiger partial charge in [0.2, 0.25) is 0 Å². The van der Waals surface area contributed by atoms with Gasteiger partial charge in [0.05, 0.1) is 0 Å². The Morgan fingerprint density at radius 1 is 1.36 bits per heavy atom. The predicted octanol–water partition coefficient (Wildman–Crippen LogP) is 1.05. The van der Waals surface area contributed by atoms with Crippen LogP contribution >= 0.6 is 22.6 Å². The van der Waals surface area contributed by atoms with Crippen LogP contribution in [0.3, 0.4) is 0 Å². The molecule has 0 amide bonds. The highest BCUT2D eigenvalue weighted by atomic mass is 127. The minimum Gasteiger partial charge on any atom is -0.550 e. The Balaban J connectivity index is 0.000000218. The third-order valence-electron chi connectivity index (χ3n) is 0.733. The van der Waals surface area contributed by atoms with Gasteiger partial charge in [-0.25, -0.2) is 0 Å². The summed E-state index contributed by atoms with van der Waals surface area (Å²) in [5.41, 5.74) is 0. The number of rotatable bonds is 0. The third kappa shape index (κ3) is 9.42. The van der Waals surface area contributed by atoms with Gasteiger partial charge in [-0.2, -0.15) is 0 Å². The van der Waals surface area contributed by atoms with Crippen LogP contribution in [-0.4, -0.2) is 5.97 Å². The highest BCUT2D eigenvalue weighted by Gasteiger charge is 1.74. The fraction of sp³-hybridized carbons (Fsp3) is 0.125. The molecule has 60 valence electrons. The van der Waals surface area contributed by atoms with Gasteiger partial charge < -0.3 is 9.90 Å². The molecule has 0 aliphatic carbocycles. The fourth-order valence-electron chi connectivity index (χ4n) is 0.415. The maximum Gasteiger partial charge on any atom is 0.0383 e. The van der Waals surface area contributed by atoms with Crippen LogP contribution in [0, 0.1) is 3.57 Å². The van der Waals surface area contributed by atoms with Crippen LogP contribution in [0.2, 0.25) is 0 Å². The van der Waals surface area contributed by atoms with Crippen molar-refractivity contribution < 1.29 is 9.90 Å². The van der Waals surface area contributed by atoms with Crippen molar-refractivity contribution in [3.05, 3.63) is 33.9 Å². The van der Waals surface area contributed by atoms with Crippen molar-refractivity contribution in [3.8, 4) is 0 Å². The van der Waals surface area contributed by atoms with Crippen LogP contribution in [0.25, 0.3) is 0 Å². The number of carbonyl (C=O) groups is 1. The van der Waals surface area contributed by atoms with E-state index in [1.165, 1.54) is 3.57 Å². The quantitative estimate of drug-likeness (QED) is 0.656. The lowest BCUT2D eigenvalue weighted by atomic mass is 10.4. The lowest BCUT2D eigenvalue weighted by Crippen LogP contribution is -2.16. The Bertz CT molecular complexity index is 205. The van der Waals surface area contributed by atoms with E-state index in [2.05, 4.69) is 34.7 Å². The number of hydrogen-bond acceptors (Lipinski definition) is 2. The zero-order valence-electron chi connectivity index (χ0n) is 6.08. The Morgan fingerprint density at radius 2 is 1.73 bits per heavy atom. The van der Waals surface area contributed by atoms with E-state index in [0.717, 1.165) is 6.92 Å². The first-order chi connectivity index (χ1) is 5.13. The normalized spacial score (nSPS) is 7.82. The van der Waals surface area contributed by atoms with Gasteiger partial charge in [0.25, 0.3) is 0 Å². The molecule has 0 N–H and O–H groups in total. The average Bonchev–Trinajstić information content (AvgIpc) is 1.87. The van der Waals surface area contributed by atoms with Crippen LogP contribution in [0.5, 0.6) is 0 Å². The second-order valence-electron chi connectivity index (χ2n) is 1.79. The number of carbonyl (C=O) groups excluding carboxylic acids is 1. The summed E-state index contributed by atoms with van der Waals surface area (Å²) in [6, 6.07) is 10.2. The van der Waals surface area contributed by atoms with Crippen molar-refractivity contribution in [1.29, 1.82) is 0 Å². The highest BCUT2D eigenvalue weighted by Crippen LogP contribution is 1.99. The first-order valence-corrected chi connectivity index (χ1v) is 4.09. The van der Waals surface area contributed by atoms with Crippen molar-refractivity contribution >= 4 is 28.6 Å². The predicted molar refractivity (Wildman–Crippen MR) is 49.8 cm³/mol. The van der Waals surface area contributed by atoms with Gasteiger partial charge in [-0.3, -0.25) is 0 Å². The van der Waals surface area contributed by atoms with E-state index in [1.54, 1.807) is 0 Å². The van der Waals surface area contributed by atoms with Crippen LogP contribution < -0.4 is 5.11 Å². The molecule has 0 fully saturated rings. The molecule has 11 heavy (non-hydrogen) atoms. The molecule has 0 saturated carbocycles. The van der Waals surface area contributed by atoms with Gasteiger partial charge in [-0.15, -0.1) is 0 Å². The van der Waals surface area contributed by atoms with E-state index >= 15 is 0 Å². The molecule has 0 aliphatic rings. The van der Waals surface area contributed by atoms with E-state index in [-0.39, 0.29) is 0 Å². The number of aliphatic carboxylic acids is 1. The topological polar surface area (TPSA) is 40.1 Å². The summed E-state index contributed by atoms with van der Waals surface area (Å²) in [6.07, 6.45) is 0. The summed E-state index contributed by atoms with van der Waals surface area (Å²) in [5, 5.41) is 8.89. The zero-order chi connectivity index (χ0) is 8.69. The van der Waals surface area contributed by atoms with E-state index < -0.39 is 5.97 Å². The zero-order valence-corrected chi connectivity index (χ0v) is 8.24. The summed E-state index contributed by atoms with van der Waals surface area (Å²) < 4.78 is 1.29. The minimum atomic E-state index is -1.08. The summed E-state index contributed by atoms with van der Waals surface area (Å²) in [6.45, 7) is 0.972. The smallest absolute Gasteiger partial charge is 0.0383 e. The molecule has 1 aromatic carbocycles. The summed E-state index contributed by atoms with van der Waals surface area (Å²) >= 11 is 2.28. The Hall–Kier alpha value is -0.580. The highest BCUT2D eigenvalue weighted by molar-refractivity contribution is 14.1. The van der Waals surface area contributed by atoms with Gasteiger partial charge in [0.15, 0.2) is 0 Å². The molecule has 0 aromatic heterocycles. The molecule has 0 aliphatic heterocycles. The van der Waals surface area contributed by atoms with Crippen molar-refractivity contribution in [3.63, 3.8) is 0 Å². The van der Waals surface area contributed by atoms with Gasteiger partial charge in [-0.1, -0.05) is 18.2 Å². The van der Waals surface area contributed by atoms with E-state index in [9.17, 15) is 0 Å². The standard InChI is InChI=1S/C6H5I.C2H4O2/c7-6-4-2-1-3-5-6;1-2(3)4/h1-5H;1H3,(H,3,4)/p-1. The number of hydrogen-bond donors (Lipinski definition) is 0. The second kappa shape index (κ2) is 6.15. The second-order valence-corrected chi connectivity index (χ2v) is 3.03. The number of carboxylic acids is 1. The molecule has 0 saturated heterocycles. The van der Waals surface area contributed by atoms with Crippen LogP contribution in [0.15, 0.2) is 30.3 Å². The van der Waals surface area contributed by atoms with E-state index in [1.807, 2.05) is 18.2 Å². The lowest BCUT2D eigenvalue weighted by molar-refractivity contribution is -0.302. The Labute approximate surface area is 79.4 Å². The maximum absolute atomic E-state index is 8.89. The van der Waals surface area contributed by atoms with E-state index in [0.29, 0.717) is 0 Å². The third-order valence-corrected chi connectivity index (χ3v) is 1.45. The van der Waals surface area contributed by atoms with Gasteiger partial charge in [0.1, 0.15) is 0 Å². The molecular formula is C8H8IO2-. The molecule has 1 aromatic rings. The SMILES string of the molecule is CC(=O)[O-].Ic1ccccc1. The monoisotopic (exact) mass is 263 g/mol. The summed E-state index contributed by atoms with van der Waals surface area (Å²) in [4.78, 5) is 8.89. The largest absolute Gasteiger partial charge is 0.550 e. The number of halogens is 1. The van der Waals surface area contributed by atoms with Crippen molar-refractivity contribution in [2.24, 2.45) is 0 Å². The Kier molecular flexibility index (Phi) is 5.83.